The Balaban J connectivity index is 0.951. The summed E-state index contributed by atoms with van der Waals surface area (Å²) >= 11 is 0. The van der Waals surface area contributed by atoms with E-state index in [1.54, 1.807) is 0 Å². The van der Waals surface area contributed by atoms with Crippen molar-refractivity contribution in [3.63, 3.8) is 0 Å². The van der Waals surface area contributed by atoms with E-state index < -0.39 is 0 Å². The molecule has 1 aliphatic rings. The molecule has 10 aromatic rings. The molecule has 1 aliphatic carbocycles. The molecular formula is C59H46N2. The van der Waals surface area contributed by atoms with Crippen LogP contribution in [0.2, 0.25) is 0 Å². The Morgan fingerprint density at radius 1 is 0.377 bits per heavy atom. The van der Waals surface area contributed by atoms with Crippen LogP contribution in [0.15, 0.2) is 206 Å². The van der Waals surface area contributed by atoms with Gasteiger partial charge in [0.2, 0.25) is 0 Å². The number of hydrogen-bond acceptors (Lipinski definition) is 1. The van der Waals surface area contributed by atoms with Crippen molar-refractivity contribution in [2.75, 3.05) is 4.90 Å². The van der Waals surface area contributed by atoms with E-state index >= 15 is 0 Å². The minimum atomic E-state index is -0.0429. The number of fused-ring (bicyclic) bond motifs is 6. The standard InChI is InChI=1S/C59H46N2/c1-39-17-27-46(28-18-39)60(47-29-22-43(23-30-47)45-26-36-52-51-35-19-40(2)37-54(51)59(3,4)55(52)38-45)48-33-24-44(25-34-48)50-14-10-16-57-58(50)53-13-8-9-15-56(53)61(57)49-31-20-42(21-32-49)41-11-6-5-7-12-41/h5-38H,1-4H3. The maximum Gasteiger partial charge on any atom is 0.0547 e. The van der Waals surface area contributed by atoms with Gasteiger partial charge in [0.05, 0.1) is 11.0 Å². The third-order valence-corrected chi connectivity index (χ3v) is 12.9. The quantitative estimate of drug-likeness (QED) is 0.156. The molecule has 0 spiro atoms. The Bertz CT molecular complexity index is 3240. The zero-order valence-corrected chi connectivity index (χ0v) is 35.0. The highest BCUT2D eigenvalue weighted by Crippen LogP contribution is 2.50. The number of para-hydroxylation sites is 1. The second-order valence-electron chi connectivity index (χ2n) is 17.2. The molecule has 0 aliphatic heterocycles. The molecule has 0 saturated carbocycles. The lowest BCUT2D eigenvalue weighted by molar-refractivity contribution is 0.660. The van der Waals surface area contributed by atoms with Crippen molar-refractivity contribution in [3.8, 4) is 50.2 Å². The molecule has 0 bridgehead atoms. The van der Waals surface area contributed by atoms with Gasteiger partial charge in [0.25, 0.3) is 0 Å². The fraction of sp³-hybridized carbons (Fsp3) is 0.0847. The number of rotatable bonds is 7. The first kappa shape index (κ1) is 36.6. The monoisotopic (exact) mass is 782 g/mol. The van der Waals surface area contributed by atoms with Gasteiger partial charge in [0.1, 0.15) is 0 Å². The van der Waals surface area contributed by atoms with E-state index in [-0.39, 0.29) is 5.41 Å². The largest absolute Gasteiger partial charge is 0.311 e. The highest BCUT2D eigenvalue weighted by atomic mass is 15.1. The van der Waals surface area contributed by atoms with Crippen LogP contribution < -0.4 is 4.90 Å². The number of benzene rings is 9. The topological polar surface area (TPSA) is 8.17 Å². The summed E-state index contributed by atoms with van der Waals surface area (Å²) in [6.45, 7) is 9.06. The Hall–Kier alpha value is -7.42. The van der Waals surface area contributed by atoms with Crippen molar-refractivity contribution in [2.24, 2.45) is 0 Å². The number of nitrogens with zero attached hydrogens (tertiary/aromatic N) is 2. The molecule has 61 heavy (non-hydrogen) atoms. The molecule has 1 aromatic heterocycles. The van der Waals surface area contributed by atoms with Crippen molar-refractivity contribution in [1.29, 1.82) is 0 Å². The van der Waals surface area contributed by atoms with Gasteiger partial charge >= 0.3 is 0 Å². The molecular weight excluding hydrogens is 737 g/mol. The lowest BCUT2D eigenvalue weighted by atomic mass is 9.81. The number of aryl methyl sites for hydroxylation is 2. The summed E-state index contributed by atoms with van der Waals surface area (Å²) in [6, 6.07) is 76.0. The van der Waals surface area contributed by atoms with Crippen molar-refractivity contribution in [1.82, 2.24) is 4.57 Å². The molecule has 9 aromatic carbocycles. The zero-order valence-electron chi connectivity index (χ0n) is 35.0. The SMILES string of the molecule is Cc1ccc(N(c2ccc(-c3ccc4c(c3)C(C)(C)c3cc(C)ccc3-4)cc2)c2ccc(-c3cccc4c3c3ccccc3n4-c3ccc(-c4ccccc4)cc3)cc2)cc1. The lowest BCUT2D eigenvalue weighted by Gasteiger charge is -2.26. The minimum Gasteiger partial charge on any atom is -0.311 e. The summed E-state index contributed by atoms with van der Waals surface area (Å²) in [7, 11) is 0. The third-order valence-electron chi connectivity index (χ3n) is 12.9. The van der Waals surface area contributed by atoms with Gasteiger partial charge in [-0.1, -0.05) is 165 Å². The molecule has 0 atom stereocenters. The van der Waals surface area contributed by atoms with E-state index in [9.17, 15) is 0 Å². The number of anilines is 3. The van der Waals surface area contributed by atoms with Crippen molar-refractivity contribution >= 4 is 38.9 Å². The van der Waals surface area contributed by atoms with Crippen molar-refractivity contribution < 1.29 is 0 Å². The molecule has 1 heterocycles. The van der Waals surface area contributed by atoms with Crippen LogP contribution in [-0.2, 0) is 5.41 Å². The van der Waals surface area contributed by atoms with E-state index in [1.165, 1.54) is 88.6 Å². The van der Waals surface area contributed by atoms with Crippen molar-refractivity contribution in [2.45, 2.75) is 33.1 Å². The zero-order chi connectivity index (χ0) is 41.2. The van der Waals surface area contributed by atoms with Gasteiger partial charge < -0.3 is 9.47 Å². The van der Waals surface area contributed by atoms with Crippen LogP contribution in [0.5, 0.6) is 0 Å². The van der Waals surface area contributed by atoms with Gasteiger partial charge in [-0.25, -0.2) is 0 Å². The fourth-order valence-electron chi connectivity index (χ4n) is 9.74. The van der Waals surface area contributed by atoms with Gasteiger partial charge in [-0.3, -0.25) is 0 Å². The van der Waals surface area contributed by atoms with Crippen LogP contribution in [0.3, 0.4) is 0 Å². The smallest absolute Gasteiger partial charge is 0.0547 e. The highest BCUT2D eigenvalue weighted by molar-refractivity contribution is 6.15. The average molecular weight is 783 g/mol. The molecule has 2 nitrogen and oxygen atoms in total. The predicted octanol–water partition coefficient (Wildman–Crippen LogP) is 16.2. The Kier molecular flexibility index (Phi) is 8.65. The predicted molar refractivity (Wildman–Crippen MR) is 259 cm³/mol. The maximum atomic E-state index is 2.41. The first-order valence-electron chi connectivity index (χ1n) is 21.3. The van der Waals surface area contributed by atoms with Gasteiger partial charge in [-0.2, -0.15) is 0 Å². The summed E-state index contributed by atoms with van der Waals surface area (Å²) in [5, 5.41) is 2.51. The summed E-state index contributed by atoms with van der Waals surface area (Å²) in [5.74, 6) is 0. The van der Waals surface area contributed by atoms with Crippen LogP contribution in [-0.4, -0.2) is 4.57 Å². The van der Waals surface area contributed by atoms with Crippen LogP contribution in [0.25, 0.3) is 72.0 Å². The molecule has 0 amide bonds. The molecule has 11 rings (SSSR count). The molecule has 0 saturated heterocycles. The lowest BCUT2D eigenvalue weighted by Crippen LogP contribution is -2.15. The second kappa shape index (κ2) is 14.4. The van der Waals surface area contributed by atoms with Gasteiger partial charge in [0.15, 0.2) is 0 Å². The Morgan fingerprint density at radius 3 is 1.59 bits per heavy atom. The van der Waals surface area contributed by atoms with Crippen LogP contribution in [0, 0.1) is 13.8 Å². The van der Waals surface area contributed by atoms with Gasteiger partial charge in [0, 0.05) is 38.9 Å². The molecule has 0 N–H and O–H groups in total. The highest BCUT2D eigenvalue weighted by Gasteiger charge is 2.35. The maximum absolute atomic E-state index is 2.41. The molecule has 0 fully saturated rings. The summed E-state index contributed by atoms with van der Waals surface area (Å²) < 4.78 is 2.41. The molecule has 0 radical (unpaired) electrons. The first-order valence-corrected chi connectivity index (χ1v) is 21.3. The first-order chi connectivity index (χ1) is 29.8. The van der Waals surface area contributed by atoms with Gasteiger partial charge in [-0.15, -0.1) is 0 Å². The second-order valence-corrected chi connectivity index (χ2v) is 17.2. The number of aromatic nitrogens is 1. The van der Waals surface area contributed by atoms with E-state index in [4.69, 9.17) is 0 Å². The van der Waals surface area contributed by atoms with Crippen LogP contribution >= 0.6 is 0 Å². The van der Waals surface area contributed by atoms with E-state index in [0.717, 1.165) is 22.7 Å². The molecule has 292 valence electrons. The molecule has 2 heteroatoms. The number of hydrogen-bond donors (Lipinski definition) is 0. The van der Waals surface area contributed by atoms with Crippen LogP contribution in [0.1, 0.15) is 36.1 Å². The van der Waals surface area contributed by atoms with E-state index in [1.807, 2.05) is 0 Å². The van der Waals surface area contributed by atoms with Crippen molar-refractivity contribution in [3.05, 3.63) is 229 Å². The van der Waals surface area contributed by atoms with Gasteiger partial charge in [-0.05, 0) is 136 Å². The summed E-state index contributed by atoms with van der Waals surface area (Å²) in [5.41, 5.74) is 22.3. The Labute approximate surface area is 358 Å². The van der Waals surface area contributed by atoms with Crippen LogP contribution in [0.4, 0.5) is 17.1 Å². The third kappa shape index (κ3) is 6.18. The molecule has 0 unspecified atom stereocenters. The van der Waals surface area contributed by atoms with E-state index in [2.05, 4.69) is 243 Å². The summed E-state index contributed by atoms with van der Waals surface area (Å²) in [6.07, 6.45) is 0. The summed E-state index contributed by atoms with van der Waals surface area (Å²) in [4.78, 5) is 2.36. The Morgan fingerprint density at radius 2 is 0.885 bits per heavy atom. The minimum absolute atomic E-state index is 0.0429. The van der Waals surface area contributed by atoms with E-state index in [0.29, 0.717) is 0 Å². The average Bonchev–Trinajstić information content (AvgIpc) is 3.76. The normalized spacial score (nSPS) is 12.7. The fourth-order valence-corrected chi connectivity index (χ4v) is 9.74.